The number of nitrogens with one attached hydrogen (secondary N) is 3. The lowest BCUT2D eigenvalue weighted by Gasteiger charge is -2.13. The van der Waals surface area contributed by atoms with Gasteiger partial charge in [0.15, 0.2) is 11.7 Å². The number of hydrazine groups is 1. The highest BCUT2D eigenvalue weighted by Crippen LogP contribution is 2.29. The number of para-hydroxylation sites is 1. The van der Waals surface area contributed by atoms with Gasteiger partial charge in [-0.15, -0.1) is 0 Å². The van der Waals surface area contributed by atoms with Gasteiger partial charge in [0.1, 0.15) is 5.75 Å². The maximum Gasteiger partial charge on any atom is 0.276 e. The summed E-state index contributed by atoms with van der Waals surface area (Å²) in [6.07, 6.45) is 0. The van der Waals surface area contributed by atoms with Gasteiger partial charge in [-0.3, -0.25) is 35.9 Å². The Hall–Kier alpha value is -4.31. The standard InChI is InChI=1S/C22H18N4O5S/c27-20(14-31-19-9-5-4-8-18(19)15-6-2-1-3-7-15)24-25-22(32)23-21(28)16-10-12-17(13-11-16)26(29)30/h1-13H,14H2,(H,24,27)(H2,23,25,28,32). The van der Waals surface area contributed by atoms with Crippen LogP contribution in [0.2, 0.25) is 0 Å². The number of rotatable bonds is 6. The largest absolute Gasteiger partial charge is 0.483 e. The van der Waals surface area contributed by atoms with E-state index in [0.717, 1.165) is 11.1 Å². The number of carbonyl (C=O) groups excluding carboxylic acids is 2. The molecule has 0 radical (unpaired) electrons. The third kappa shape index (κ3) is 6.09. The van der Waals surface area contributed by atoms with Crippen molar-refractivity contribution >= 4 is 34.8 Å². The zero-order chi connectivity index (χ0) is 22.9. The van der Waals surface area contributed by atoms with Crippen LogP contribution in [0.15, 0.2) is 78.9 Å². The second kappa shape index (κ2) is 10.6. The van der Waals surface area contributed by atoms with Crippen molar-refractivity contribution in [1.29, 1.82) is 0 Å². The highest BCUT2D eigenvalue weighted by atomic mass is 32.1. The number of non-ortho nitro benzene ring substituents is 1. The summed E-state index contributed by atoms with van der Waals surface area (Å²) >= 11 is 4.97. The highest BCUT2D eigenvalue weighted by molar-refractivity contribution is 7.80. The molecule has 0 aliphatic heterocycles. The van der Waals surface area contributed by atoms with Crippen molar-refractivity contribution in [2.75, 3.05) is 6.61 Å². The molecule has 3 aromatic carbocycles. The first-order valence-corrected chi connectivity index (χ1v) is 9.77. The summed E-state index contributed by atoms with van der Waals surface area (Å²) in [5.41, 5.74) is 6.58. The molecule has 0 saturated carbocycles. The molecule has 0 atom stereocenters. The fourth-order valence-corrected chi connectivity index (χ4v) is 2.84. The van der Waals surface area contributed by atoms with E-state index in [1.165, 1.54) is 24.3 Å². The Balaban J connectivity index is 1.48. The van der Waals surface area contributed by atoms with E-state index >= 15 is 0 Å². The van der Waals surface area contributed by atoms with Crippen LogP contribution in [-0.2, 0) is 4.79 Å². The minimum atomic E-state index is -0.584. The Morgan fingerprint density at radius 3 is 2.25 bits per heavy atom. The van der Waals surface area contributed by atoms with E-state index in [1.54, 1.807) is 12.1 Å². The van der Waals surface area contributed by atoms with Crippen LogP contribution in [0.5, 0.6) is 5.75 Å². The Kier molecular flexibility index (Phi) is 7.44. The van der Waals surface area contributed by atoms with E-state index in [9.17, 15) is 19.7 Å². The smallest absolute Gasteiger partial charge is 0.276 e. The molecule has 2 amide bonds. The van der Waals surface area contributed by atoms with Crippen LogP contribution >= 0.6 is 12.2 Å². The van der Waals surface area contributed by atoms with E-state index in [4.69, 9.17) is 17.0 Å². The second-order valence-electron chi connectivity index (χ2n) is 6.41. The van der Waals surface area contributed by atoms with Crippen molar-refractivity contribution in [3.8, 4) is 16.9 Å². The average molecular weight is 450 g/mol. The lowest BCUT2D eigenvalue weighted by molar-refractivity contribution is -0.384. The van der Waals surface area contributed by atoms with Crippen molar-refractivity contribution in [2.24, 2.45) is 0 Å². The van der Waals surface area contributed by atoms with Crippen LogP contribution in [0.3, 0.4) is 0 Å². The van der Waals surface area contributed by atoms with E-state index in [0.29, 0.717) is 5.75 Å². The molecule has 32 heavy (non-hydrogen) atoms. The first kappa shape index (κ1) is 22.4. The van der Waals surface area contributed by atoms with Gasteiger partial charge in [0.05, 0.1) is 4.92 Å². The second-order valence-corrected chi connectivity index (χ2v) is 6.82. The van der Waals surface area contributed by atoms with E-state index in [1.807, 2.05) is 42.5 Å². The van der Waals surface area contributed by atoms with E-state index in [-0.39, 0.29) is 23.0 Å². The van der Waals surface area contributed by atoms with E-state index in [2.05, 4.69) is 16.2 Å². The summed E-state index contributed by atoms with van der Waals surface area (Å²) in [6.45, 7) is -0.282. The summed E-state index contributed by atoms with van der Waals surface area (Å²) in [5.74, 6) is -0.553. The van der Waals surface area contributed by atoms with Gasteiger partial charge >= 0.3 is 0 Å². The lowest BCUT2D eigenvalue weighted by Crippen LogP contribution is -2.49. The SMILES string of the molecule is O=C(COc1ccccc1-c1ccccc1)NNC(=S)NC(=O)c1ccc([N+](=O)[O-])cc1. The van der Waals surface area contributed by atoms with Crippen LogP contribution in [-0.4, -0.2) is 28.5 Å². The first-order chi connectivity index (χ1) is 15.4. The molecule has 0 unspecified atom stereocenters. The van der Waals surface area contributed by atoms with Crippen LogP contribution in [0.1, 0.15) is 10.4 Å². The molecule has 9 nitrogen and oxygen atoms in total. The molecule has 0 bridgehead atoms. The van der Waals surface area contributed by atoms with Gasteiger partial charge in [-0.25, -0.2) is 0 Å². The van der Waals surface area contributed by atoms with Crippen molar-refractivity contribution in [2.45, 2.75) is 0 Å². The van der Waals surface area contributed by atoms with Gasteiger partial charge in [0.2, 0.25) is 0 Å². The molecular formula is C22H18N4O5S. The van der Waals surface area contributed by atoms with Crippen molar-refractivity contribution in [3.05, 3.63) is 94.5 Å². The Labute approximate surface area is 188 Å². The number of nitro benzene ring substituents is 1. The quantitative estimate of drug-likeness (QED) is 0.300. The van der Waals surface area contributed by atoms with Gasteiger partial charge in [-0.05, 0) is 36.0 Å². The molecule has 0 saturated heterocycles. The van der Waals surface area contributed by atoms with Gasteiger partial charge in [-0.1, -0.05) is 48.5 Å². The molecule has 10 heteroatoms. The van der Waals surface area contributed by atoms with Gasteiger partial charge in [-0.2, -0.15) is 0 Å². The topological polar surface area (TPSA) is 123 Å². The number of carbonyl (C=O) groups is 2. The third-order valence-corrected chi connectivity index (χ3v) is 4.42. The lowest BCUT2D eigenvalue weighted by atomic mass is 10.1. The zero-order valence-electron chi connectivity index (χ0n) is 16.6. The van der Waals surface area contributed by atoms with Gasteiger partial charge in [0, 0.05) is 23.3 Å². The number of ether oxygens (including phenoxy) is 1. The molecule has 3 rings (SSSR count). The molecule has 3 aromatic rings. The number of thiocarbonyl (C=S) groups is 1. The molecule has 0 spiro atoms. The number of amides is 2. The number of benzene rings is 3. The number of nitro groups is 1. The summed E-state index contributed by atoms with van der Waals surface area (Å²) in [5, 5.41) is 12.9. The number of nitrogens with zero attached hydrogens (tertiary/aromatic N) is 1. The molecule has 0 aromatic heterocycles. The minimum Gasteiger partial charge on any atom is -0.483 e. The summed E-state index contributed by atoms with van der Waals surface area (Å²) < 4.78 is 5.63. The zero-order valence-corrected chi connectivity index (χ0v) is 17.4. The van der Waals surface area contributed by atoms with Gasteiger partial charge < -0.3 is 4.74 Å². The normalized spacial score (nSPS) is 10.0. The van der Waals surface area contributed by atoms with Crippen molar-refractivity contribution in [1.82, 2.24) is 16.2 Å². The van der Waals surface area contributed by atoms with Crippen LogP contribution in [0.25, 0.3) is 11.1 Å². The maximum atomic E-state index is 12.1. The predicted octanol–water partition coefficient (Wildman–Crippen LogP) is 2.98. The molecule has 162 valence electrons. The first-order valence-electron chi connectivity index (χ1n) is 9.36. The van der Waals surface area contributed by atoms with E-state index < -0.39 is 16.7 Å². The van der Waals surface area contributed by atoms with Crippen LogP contribution in [0, 0.1) is 10.1 Å². The minimum absolute atomic E-state index is 0.136. The predicted molar refractivity (Wildman–Crippen MR) is 122 cm³/mol. The molecule has 0 aliphatic rings. The molecule has 0 aliphatic carbocycles. The monoisotopic (exact) mass is 450 g/mol. The fourth-order valence-electron chi connectivity index (χ4n) is 2.70. The van der Waals surface area contributed by atoms with Crippen molar-refractivity contribution in [3.63, 3.8) is 0 Å². The van der Waals surface area contributed by atoms with Crippen LogP contribution < -0.4 is 20.9 Å². The third-order valence-electron chi connectivity index (χ3n) is 4.21. The average Bonchev–Trinajstić information content (AvgIpc) is 2.82. The Bertz CT molecular complexity index is 1140. The summed E-state index contributed by atoms with van der Waals surface area (Å²) in [7, 11) is 0. The molecule has 0 heterocycles. The number of hydrogen-bond donors (Lipinski definition) is 3. The molecular weight excluding hydrogens is 432 g/mol. The Morgan fingerprint density at radius 1 is 0.906 bits per heavy atom. The fraction of sp³-hybridized carbons (Fsp3) is 0.0455. The highest BCUT2D eigenvalue weighted by Gasteiger charge is 2.12. The van der Waals surface area contributed by atoms with Crippen molar-refractivity contribution < 1.29 is 19.2 Å². The Morgan fingerprint density at radius 2 is 1.56 bits per heavy atom. The summed E-state index contributed by atoms with van der Waals surface area (Å²) in [4.78, 5) is 34.3. The summed E-state index contributed by atoms with van der Waals surface area (Å²) in [6, 6.07) is 22.0. The molecule has 0 fully saturated rings. The van der Waals surface area contributed by atoms with Gasteiger partial charge in [0.25, 0.3) is 17.5 Å². The number of hydrogen-bond acceptors (Lipinski definition) is 6. The van der Waals surface area contributed by atoms with Crippen LogP contribution in [0.4, 0.5) is 5.69 Å². The maximum absolute atomic E-state index is 12.1. The molecule has 3 N–H and O–H groups in total.